The van der Waals surface area contributed by atoms with Gasteiger partial charge in [0, 0.05) is 6.54 Å². The Morgan fingerprint density at radius 3 is 2.68 bits per heavy atom. The van der Waals surface area contributed by atoms with Crippen molar-refractivity contribution in [1.29, 1.82) is 0 Å². The summed E-state index contributed by atoms with van der Waals surface area (Å²) in [6, 6.07) is 4.63. The first-order chi connectivity index (χ1) is 8.89. The van der Waals surface area contributed by atoms with Gasteiger partial charge in [-0.1, -0.05) is 18.2 Å². The van der Waals surface area contributed by atoms with Crippen molar-refractivity contribution in [3.05, 3.63) is 35.4 Å². The Kier molecular flexibility index (Phi) is 3.80. The fourth-order valence-electron chi connectivity index (χ4n) is 2.45. The summed E-state index contributed by atoms with van der Waals surface area (Å²) in [6.07, 6.45) is -3.22. The van der Waals surface area contributed by atoms with Crippen LogP contribution in [0.3, 0.4) is 0 Å². The highest BCUT2D eigenvalue weighted by Crippen LogP contribution is 2.33. The van der Waals surface area contributed by atoms with Gasteiger partial charge in [0.25, 0.3) is 0 Å². The summed E-state index contributed by atoms with van der Waals surface area (Å²) in [6.45, 7) is 0.538. The molecular formula is C13H14F3NO2. The van der Waals surface area contributed by atoms with Crippen molar-refractivity contribution in [2.24, 2.45) is 0 Å². The first-order valence-corrected chi connectivity index (χ1v) is 6.01. The molecule has 1 N–H and O–H groups in total. The smallest absolute Gasteiger partial charge is 0.416 e. The number of carboxylic acids is 1. The normalized spacial score (nSPS) is 20.7. The molecule has 104 valence electrons. The summed E-state index contributed by atoms with van der Waals surface area (Å²) in [5.74, 6) is -0.970. The summed E-state index contributed by atoms with van der Waals surface area (Å²) in [4.78, 5) is 12.6. The first kappa shape index (κ1) is 13.9. The van der Waals surface area contributed by atoms with E-state index in [0.717, 1.165) is 6.07 Å². The van der Waals surface area contributed by atoms with E-state index in [2.05, 4.69) is 0 Å². The number of likely N-dealkylation sites (tertiary alicyclic amines) is 1. The second-order valence-electron chi connectivity index (χ2n) is 4.62. The summed E-state index contributed by atoms with van der Waals surface area (Å²) >= 11 is 0. The van der Waals surface area contributed by atoms with Crippen molar-refractivity contribution < 1.29 is 23.1 Å². The Morgan fingerprint density at radius 2 is 2.05 bits per heavy atom. The molecule has 0 bridgehead atoms. The molecule has 1 aliphatic rings. The Hall–Kier alpha value is -1.56. The lowest BCUT2D eigenvalue weighted by atomic mass is 10.1. The molecule has 1 aromatic carbocycles. The van der Waals surface area contributed by atoms with Crippen LogP contribution in [0.1, 0.15) is 24.0 Å². The van der Waals surface area contributed by atoms with Crippen LogP contribution in [0.4, 0.5) is 13.2 Å². The lowest BCUT2D eigenvalue weighted by Gasteiger charge is -2.23. The van der Waals surface area contributed by atoms with Gasteiger partial charge >= 0.3 is 12.1 Å². The molecule has 1 saturated heterocycles. The minimum atomic E-state index is -4.41. The molecule has 1 heterocycles. The average Bonchev–Trinajstić information content (AvgIpc) is 2.76. The van der Waals surface area contributed by atoms with Crippen molar-refractivity contribution in [3.8, 4) is 0 Å². The van der Waals surface area contributed by atoms with Gasteiger partial charge in [0.1, 0.15) is 6.04 Å². The number of hydrogen-bond acceptors (Lipinski definition) is 2. The highest BCUT2D eigenvalue weighted by atomic mass is 19.4. The predicted octanol–water partition coefficient (Wildman–Crippen LogP) is 2.75. The predicted molar refractivity (Wildman–Crippen MR) is 62.5 cm³/mol. The van der Waals surface area contributed by atoms with Crippen LogP contribution in [0.25, 0.3) is 0 Å². The zero-order valence-corrected chi connectivity index (χ0v) is 10.2. The lowest BCUT2D eigenvalue weighted by molar-refractivity contribution is -0.142. The van der Waals surface area contributed by atoms with E-state index >= 15 is 0 Å². The maximum absolute atomic E-state index is 12.8. The molecule has 1 aliphatic heterocycles. The van der Waals surface area contributed by atoms with Gasteiger partial charge in [0.05, 0.1) is 5.56 Å². The number of benzene rings is 1. The number of aliphatic carboxylic acids is 1. The van der Waals surface area contributed by atoms with Crippen molar-refractivity contribution in [1.82, 2.24) is 4.90 Å². The first-order valence-electron chi connectivity index (χ1n) is 6.01. The monoisotopic (exact) mass is 273 g/mol. The zero-order valence-electron chi connectivity index (χ0n) is 10.2. The van der Waals surface area contributed by atoms with Crippen LogP contribution < -0.4 is 0 Å². The number of rotatable bonds is 3. The molecule has 0 aliphatic carbocycles. The molecule has 1 fully saturated rings. The van der Waals surface area contributed by atoms with Crippen LogP contribution in [0.2, 0.25) is 0 Å². The maximum atomic E-state index is 12.8. The van der Waals surface area contributed by atoms with E-state index in [0.29, 0.717) is 19.4 Å². The molecule has 19 heavy (non-hydrogen) atoms. The molecule has 6 heteroatoms. The summed E-state index contributed by atoms with van der Waals surface area (Å²) in [5.41, 5.74) is -0.561. The number of carboxylic acid groups (broad SMARTS) is 1. The van der Waals surface area contributed by atoms with Crippen molar-refractivity contribution in [2.75, 3.05) is 6.54 Å². The van der Waals surface area contributed by atoms with Gasteiger partial charge in [-0.05, 0) is 31.0 Å². The fourth-order valence-corrected chi connectivity index (χ4v) is 2.45. The van der Waals surface area contributed by atoms with Crippen molar-refractivity contribution >= 4 is 5.97 Å². The highest BCUT2D eigenvalue weighted by molar-refractivity contribution is 5.73. The Morgan fingerprint density at radius 1 is 1.37 bits per heavy atom. The molecule has 1 atom stereocenters. The SMILES string of the molecule is O=C(O)[C@@H]1CCCN1Cc1ccccc1C(F)(F)F. The third kappa shape index (κ3) is 3.07. The highest BCUT2D eigenvalue weighted by Gasteiger charge is 2.35. The zero-order chi connectivity index (χ0) is 14.0. The quantitative estimate of drug-likeness (QED) is 0.920. The molecule has 3 nitrogen and oxygen atoms in total. The molecule has 2 rings (SSSR count). The topological polar surface area (TPSA) is 40.5 Å². The third-order valence-electron chi connectivity index (χ3n) is 3.34. The molecule has 0 aromatic heterocycles. The van der Waals surface area contributed by atoms with Crippen LogP contribution in [-0.4, -0.2) is 28.6 Å². The fraction of sp³-hybridized carbons (Fsp3) is 0.462. The van der Waals surface area contributed by atoms with Crippen molar-refractivity contribution in [2.45, 2.75) is 31.6 Å². The van der Waals surface area contributed by atoms with E-state index in [4.69, 9.17) is 5.11 Å². The van der Waals surface area contributed by atoms with E-state index in [-0.39, 0.29) is 12.1 Å². The minimum Gasteiger partial charge on any atom is -0.480 e. The van der Waals surface area contributed by atoms with Crippen LogP contribution in [0.15, 0.2) is 24.3 Å². The van der Waals surface area contributed by atoms with Crippen LogP contribution in [0, 0.1) is 0 Å². The molecule has 0 amide bonds. The van der Waals surface area contributed by atoms with Crippen LogP contribution in [-0.2, 0) is 17.5 Å². The number of halogens is 3. The summed E-state index contributed by atoms with van der Waals surface area (Å²) < 4.78 is 38.5. The van der Waals surface area contributed by atoms with E-state index in [1.54, 1.807) is 4.90 Å². The van der Waals surface area contributed by atoms with Gasteiger partial charge < -0.3 is 5.11 Å². The van der Waals surface area contributed by atoms with E-state index in [1.165, 1.54) is 18.2 Å². The average molecular weight is 273 g/mol. The second-order valence-corrected chi connectivity index (χ2v) is 4.62. The number of nitrogens with zero attached hydrogens (tertiary/aromatic N) is 1. The summed E-state index contributed by atoms with van der Waals surface area (Å²) in [7, 11) is 0. The molecule has 0 spiro atoms. The second kappa shape index (κ2) is 5.21. The third-order valence-corrected chi connectivity index (χ3v) is 3.34. The standard InChI is InChI=1S/C13H14F3NO2/c14-13(15,16)10-5-2-1-4-9(10)8-17-7-3-6-11(17)12(18)19/h1-2,4-5,11H,3,6-8H2,(H,18,19)/t11-/m0/s1. The minimum absolute atomic E-state index is 0.0205. The molecular weight excluding hydrogens is 259 g/mol. The number of hydrogen-bond donors (Lipinski definition) is 1. The van der Waals surface area contributed by atoms with Gasteiger partial charge in [-0.25, -0.2) is 0 Å². The van der Waals surface area contributed by atoms with Gasteiger partial charge in [-0.2, -0.15) is 13.2 Å². The van der Waals surface area contributed by atoms with Crippen LogP contribution in [0.5, 0.6) is 0 Å². The largest absolute Gasteiger partial charge is 0.480 e. The Bertz CT molecular complexity index is 473. The van der Waals surface area contributed by atoms with E-state index < -0.39 is 23.8 Å². The van der Waals surface area contributed by atoms with Gasteiger partial charge in [-0.15, -0.1) is 0 Å². The van der Waals surface area contributed by atoms with Crippen molar-refractivity contribution in [3.63, 3.8) is 0 Å². The Balaban J connectivity index is 2.22. The Labute approximate surface area is 108 Å². The van der Waals surface area contributed by atoms with E-state index in [9.17, 15) is 18.0 Å². The van der Waals surface area contributed by atoms with Crippen LogP contribution >= 0.6 is 0 Å². The summed E-state index contributed by atoms with van der Waals surface area (Å²) in [5, 5.41) is 9.03. The molecule has 0 unspecified atom stereocenters. The van der Waals surface area contributed by atoms with E-state index in [1.807, 2.05) is 0 Å². The number of carbonyl (C=O) groups is 1. The van der Waals surface area contributed by atoms with Gasteiger partial charge in [0.15, 0.2) is 0 Å². The lowest BCUT2D eigenvalue weighted by Crippen LogP contribution is -2.35. The molecule has 0 saturated carbocycles. The van der Waals surface area contributed by atoms with Gasteiger partial charge in [-0.3, -0.25) is 9.69 Å². The number of alkyl halides is 3. The molecule has 0 radical (unpaired) electrons. The van der Waals surface area contributed by atoms with Gasteiger partial charge in [0.2, 0.25) is 0 Å². The maximum Gasteiger partial charge on any atom is 0.416 e. The molecule has 1 aromatic rings.